The summed E-state index contributed by atoms with van der Waals surface area (Å²) in [4.78, 5) is 2.28. The molecule has 1 aliphatic rings. The highest BCUT2D eigenvalue weighted by Gasteiger charge is 2.19. The third-order valence-corrected chi connectivity index (χ3v) is 3.15. The average molecular weight is 221 g/mol. The molecule has 0 fully saturated rings. The van der Waals surface area contributed by atoms with E-state index in [1.54, 1.807) is 7.11 Å². The van der Waals surface area contributed by atoms with Gasteiger partial charge in [-0.1, -0.05) is 6.07 Å². The molecule has 0 unspecified atom stereocenters. The summed E-state index contributed by atoms with van der Waals surface area (Å²) in [6, 6.07) is 4.32. The zero-order chi connectivity index (χ0) is 11.5. The lowest BCUT2D eigenvalue weighted by molar-refractivity contribution is 0.183. The lowest BCUT2D eigenvalue weighted by Crippen LogP contribution is -2.33. The van der Waals surface area contributed by atoms with Crippen LogP contribution in [0.4, 0.5) is 0 Å². The Bertz CT molecular complexity index is 376. The Morgan fingerprint density at radius 2 is 2.25 bits per heavy atom. The van der Waals surface area contributed by atoms with Gasteiger partial charge in [0.15, 0.2) is 0 Å². The number of aliphatic hydroxyl groups excluding tert-OH is 1. The zero-order valence-corrected chi connectivity index (χ0v) is 9.99. The van der Waals surface area contributed by atoms with Crippen LogP contribution in [0, 0.1) is 6.92 Å². The van der Waals surface area contributed by atoms with Crippen molar-refractivity contribution in [3.8, 4) is 5.75 Å². The Balaban J connectivity index is 2.27. The van der Waals surface area contributed by atoms with Crippen LogP contribution in [-0.2, 0) is 13.0 Å². The van der Waals surface area contributed by atoms with E-state index in [0.29, 0.717) is 0 Å². The van der Waals surface area contributed by atoms with E-state index >= 15 is 0 Å². The van der Waals surface area contributed by atoms with Crippen LogP contribution >= 0.6 is 0 Å². The van der Waals surface area contributed by atoms with Gasteiger partial charge in [0.05, 0.1) is 13.7 Å². The standard InChI is InChI=1S/C13H19NO2/c1-10-7-11-9-14(5-6-15)4-3-12(11)13(8-10)16-2/h7-8,15H,3-6,9H2,1-2H3. The summed E-state index contributed by atoms with van der Waals surface area (Å²) < 4.78 is 5.42. The summed E-state index contributed by atoms with van der Waals surface area (Å²) in [6.45, 7) is 5.02. The first-order chi connectivity index (χ1) is 7.74. The van der Waals surface area contributed by atoms with E-state index in [9.17, 15) is 0 Å². The zero-order valence-electron chi connectivity index (χ0n) is 9.99. The third kappa shape index (κ3) is 2.20. The van der Waals surface area contributed by atoms with Crippen LogP contribution in [0.1, 0.15) is 16.7 Å². The van der Waals surface area contributed by atoms with Crippen LogP contribution in [-0.4, -0.2) is 36.8 Å². The number of hydrogen-bond acceptors (Lipinski definition) is 3. The van der Waals surface area contributed by atoms with Crippen molar-refractivity contribution in [1.82, 2.24) is 4.90 Å². The quantitative estimate of drug-likeness (QED) is 0.836. The van der Waals surface area contributed by atoms with Crippen LogP contribution < -0.4 is 4.74 Å². The largest absolute Gasteiger partial charge is 0.496 e. The van der Waals surface area contributed by atoms with Gasteiger partial charge >= 0.3 is 0 Å². The smallest absolute Gasteiger partial charge is 0.122 e. The molecule has 0 amide bonds. The van der Waals surface area contributed by atoms with Crippen molar-refractivity contribution in [3.05, 3.63) is 28.8 Å². The second kappa shape index (κ2) is 4.85. The van der Waals surface area contributed by atoms with Crippen LogP contribution in [0.3, 0.4) is 0 Å². The van der Waals surface area contributed by atoms with E-state index in [2.05, 4.69) is 24.0 Å². The maximum atomic E-state index is 8.96. The molecule has 0 radical (unpaired) electrons. The molecule has 0 bridgehead atoms. The molecule has 88 valence electrons. The summed E-state index contributed by atoms with van der Waals surface area (Å²) in [5.74, 6) is 1.01. The molecule has 0 atom stereocenters. The molecule has 1 aromatic carbocycles. The fraction of sp³-hybridized carbons (Fsp3) is 0.538. The average Bonchev–Trinajstić information content (AvgIpc) is 2.27. The fourth-order valence-corrected chi connectivity index (χ4v) is 2.38. The topological polar surface area (TPSA) is 32.7 Å². The number of benzene rings is 1. The van der Waals surface area contributed by atoms with Crippen molar-refractivity contribution in [3.63, 3.8) is 0 Å². The van der Waals surface area contributed by atoms with Crippen molar-refractivity contribution in [2.75, 3.05) is 26.8 Å². The number of ether oxygens (including phenoxy) is 1. The SMILES string of the molecule is COc1cc(C)cc2c1CCN(CCO)C2. The van der Waals surface area contributed by atoms with Crippen LogP contribution in [0.5, 0.6) is 5.75 Å². The van der Waals surface area contributed by atoms with E-state index in [4.69, 9.17) is 9.84 Å². The second-order valence-corrected chi connectivity index (χ2v) is 4.35. The van der Waals surface area contributed by atoms with Gasteiger partial charge in [-0.15, -0.1) is 0 Å². The Kier molecular flexibility index (Phi) is 3.46. The van der Waals surface area contributed by atoms with Gasteiger partial charge in [-0.25, -0.2) is 0 Å². The summed E-state index contributed by atoms with van der Waals surface area (Å²) in [5.41, 5.74) is 3.92. The summed E-state index contributed by atoms with van der Waals surface area (Å²) in [7, 11) is 1.73. The summed E-state index contributed by atoms with van der Waals surface area (Å²) >= 11 is 0. The molecule has 1 aliphatic heterocycles. The maximum absolute atomic E-state index is 8.96. The van der Waals surface area contributed by atoms with Gasteiger partial charge in [-0.3, -0.25) is 4.90 Å². The number of β-amino-alcohol motifs (C(OH)–C–C–N with tert-alkyl or cyclic N) is 1. The van der Waals surface area contributed by atoms with Crippen LogP contribution in [0.25, 0.3) is 0 Å². The van der Waals surface area contributed by atoms with Crippen molar-refractivity contribution < 1.29 is 9.84 Å². The number of fused-ring (bicyclic) bond motifs is 1. The third-order valence-electron chi connectivity index (χ3n) is 3.15. The predicted molar refractivity (Wildman–Crippen MR) is 63.8 cm³/mol. The van der Waals surface area contributed by atoms with E-state index in [1.807, 2.05) is 0 Å². The first-order valence-electron chi connectivity index (χ1n) is 5.74. The molecule has 3 nitrogen and oxygen atoms in total. The number of rotatable bonds is 3. The molecule has 16 heavy (non-hydrogen) atoms. The van der Waals surface area contributed by atoms with Crippen molar-refractivity contribution in [2.45, 2.75) is 19.9 Å². The minimum atomic E-state index is 0.234. The number of nitrogens with zero attached hydrogens (tertiary/aromatic N) is 1. The Hall–Kier alpha value is -1.06. The van der Waals surface area contributed by atoms with E-state index in [-0.39, 0.29) is 6.61 Å². The monoisotopic (exact) mass is 221 g/mol. The molecule has 0 saturated heterocycles. The minimum absolute atomic E-state index is 0.234. The van der Waals surface area contributed by atoms with Gasteiger partial charge in [0.25, 0.3) is 0 Å². The molecule has 1 N–H and O–H groups in total. The van der Waals surface area contributed by atoms with Gasteiger partial charge in [0.2, 0.25) is 0 Å². The fourth-order valence-electron chi connectivity index (χ4n) is 2.38. The van der Waals surface area contributed by atoms with Crippen LogP contribution in [0.2, 0.25) is 0 Å². The first-order valence-corrected chi connectivity index (χ1v) is 5.74. The predicted octanol–water partition coefficient (Wildman–Crippen LogP) is 1.35. The number of aryl methyl sites for hydroxylation is 1. The lowest BCUT2D eigenvalue weighted by Gasteiger charge is -2.29. The van der Waals surface area contributed by atoms with Gasteiger partial charge in [-0.05, 0) is 36.1 Å². The number of methoxy groups -OCH3 is 1. The molecular formula is C13H19NO2. The van der Waals surface area contributed by atoms with Crippen molar-refractivity contribution >= 4 is 0 Å². The van der Waals surface area contributed by atoms with Gasteiger partial charge in [-0.2, -0.15) is 0 Å². The van der Waals surface area contributed by atoms with Gasteiger partial charge in [0, 0.05) is 19.6 Å². The Labute approximate surface area is 96.6 Å². The van der Waals surface area contributed by atoms with E-state index in [1.165, 1.54) is 16.7 Å². The first kappa shape index (κ1) is 11.4. The molecule has 2 rings (SSSR count). The molecule has 0 spiro atoms. The number of hydrogen-bond donors (Lipinski definition) is 1. The summed E-state index contributed by atoms with van der Waals surface area (Å²) in [6.07, 6.45) is 1.01. The Morgan fingerprint density at radius 1 is 1.44 bits per heavy atom. The van der Waals surface area contributed by atoms with Gasteiger partial charge < -0.3 is 9.84 Å². The number of aliphatic hydroxyl groups is 1. The molecular weight excluding hydrogens is 202 g/mol. The van der Waals surface area contributed by atoms with Gasteiger partial charge in [0.1, 0.15) is 5.75 Å². The second-order valence-electron chi connectivity index (χ2n) is 4.35. The minimum Gasteiger partial charge on any atom is -0.496 e. The molecule has 0 aliphatic carbocycles. The molecule has 0 aromatic heterocycles. The Morgan fingerprint density at radius 3 is 2.94 bits per heavy atom. The molecule has 0 saturated carbocycles. The van der Waals surface area contributed by atoms with E-state index in [0.717, 1.165) is 31.8 Å². The highest BCUT2D eigenvalue weighted by molar-refractivity contribution is 5.44. The van der Waals surface area contributed by atoms with Crippen molar-refractivity contribution in [1.29, 1.82) is 0 Å². The molecule has 1 heterocycles. The molecule has 3 heteroatoms. The highest BCUT2D eigenvalue weighted by Crippen LogP contribution is 2.29. The highest BCUT2D eigenvalue weighted by atomic mass is 16.5. The van der Waals surface area contributed by atoms with E-state index < -0.39 is 0 Å². The lowest BCUT2D eigenvalue weighted by atomic mass is 9.96. The maximum Gasteiger partial charge on any atom is 0.122 e. The normalized spacial score (nSPS) is 15.9. The summed E-state index contributed by atoms with van der Waals surface area (Å²) in [5, 5.41) is 8.96. The van der Waals surface area contributed by atoms with Crippen LogP contribution in [0.15, 0.2) is 12.1 Å². The van der Waals surface area contributed by atoms with Crippen molar-refractivity contribution in [2.24, 2.45) is 0 Å². The molecule has 1 aromatic rings.